The summed E-state index contributed by atoms with van der Waals surface area (Å²) in [6.07, 6.45) is -4.60. The fraction of sp³-hybridized carbons (Fsp3) is 0.467. The normalized spacial score (nSPS) is 15.0. The highest BCUT2D eigenvalue weighted by molar-refractivity contribution is 5.97. The van der Waals surface area contributed by atoms with E-state index >= 15 is 0 Å². The van der Waals surface area contributed by atoms with Gasteiger partial charge in [0.25, 0.3) is 5.91 Å². The Hall–Kier alpha value is -4.41. The quantitative estimate of drug-likeness (QED) is 0.267. The molecule has 250 valence electrons. The van der Waals surface area contributed by atoms with Crippen molar-refractivity contribution < 1.29 is 46.1 Å². The van der Waals surface area contributed by atoms with Gasteiger partial charge in [-0.15, -0.1) is 0 Å². The van der Waals surface area contributed by atoms with Gasteiger partial charge in [-0.3, -0.25) is 4.79 Å². The summed E-state index contributed by atoms with van der Waals surface area (Å²) in [5, 5.41) is 8.84. The van der Waals surface area contributed by atoms with E-state index in [2.05, 4.69) is 30.9 Å². The van der Waals surface area contributed by atoms with Crippen LogP contribution in [0.5, 0.6) is 17.5 Å². The number of amides is 1. The van der Waals surface area contributed by atoms with Crippen LogP contribution in [0.4, 0.5) is 30.8 Å². The first-order valence-electron chi connectivity index (χ1n) is 14.6. The van der Waals surface area contributed by atoms with E-state index in [4.69, 9.17) is 23.7 Å². The molecule has 2 aromatic carbocycles. The van der Waals surface area contributed by atoms with E-state index in [1.54, 1.807) is 30.3 Å². The second-order valence-corrected chi connectivity index (χ2v) is 11.2. The molecule has 2 aliphatic rings. The van der Waals surface area contributed by atoms with Crippen LogP contribution in [0.3, 0.4) is 0 Å². The number of carbonyl (C=O) groups excluding carboxylic acids is 1. The minimum Gasteiger partial charge on any atom is -0.491 e. The molecule has 3 N–H and O–H groups in total. The number of nitrogens with zero attached hydrogens (tertiary/aromatic N) is 4. The molecule has 0 atom stereocenters. The molecule has 0 radical (unpaired) electrons. The standard InChI is InChI=1S/C30H38F3N7O6/c1-40(2,3)11-10-34-26(41)24-9-6-22-18-25(24)45-17-15-43-13-12-42-14-16-44-23-7-4-21(5-8-23)19-35-27-37-28(36-22)39-29(38-27)46-20-30(31,32)33/h4-9,18H,10-17,19-20H2,1-3H3,(H2-,34,35,36,37,38,39,41)/p+1. The molecule has 0 spiro atoms. The third-order valence-corrected chi connectivity index (χ3v) is 6.26. The molecule has 0 aliphatic carbocycles. The van der Waals surface area contributed by atoms with E-state index in [0.717, 1.165) is 5.56 Å². The van der Waals surface area contributed by atoms with Crippen molar-refractivity contribution in [2.75, 3.05) is 91.1 Å². The topological polar surface area (TPSA) is 138 Å². The lowest BCUT2D eigenvalue weighted by Gasteiger charge is -2.24. The zero-order valence-corrected chi connectivity index (χ0v) is 26.0. The number of halogens is 3. The average Bonchev–Trinajstić information content (AvgIpc) is 2.99. The van der Waals surface area contributed by atoms with Crippen molar-refractivity contribution in [2.45, 2.75) is 12.7 Å². The molecule has 16 heteroatoms. The summed E-state index contributed by atoms with van der Waals surface area (Å²) in [7, 11) is 6.07. The number of aromatic nitrogens is 3. The summed E-state index contributed by atoms with van der Waals surface area (Å²) >= 11 is 0. The Balaban J connectivity index is 1.59. The minimum atomic E-state index is -4.60. The molecule has 5 rings (SSSR count). The number of fused-ring (bicyclic) bond motifs is 12. The van der Waals surface area contributed by atoms with Crippen molar-refractivity contribution in [2.24, 2.45) is 0 Å². The first kappa shape index (κ1) is 34.5. The van der Waals surface area contributed by atoms with Crippen molar-refractivity contribution in [3.05, 3.63) is 53.6 Å². The van der Waals surface area contributed by atoms with Crippen molar-refractivity contribution in [1.29, 1.82) is 0 Å². The number of benzene rings is 2. The summed E-state index contributed by atoms with van der Waals surface area (Å²) in [6, 6.07) is 11.5. The molecule has 3 heterocycles. The molecule has 0 saturated carbocycles. The van der Waals surface area contributed by atoms with Gasteiger partial charge in [0.1, 0.15) is 24.7 Å². The molecule has 46 heavy (non-hydrogen) atoms. The van der Waals surface area contributed by atoms with Gasteiger partial charge in [0.15, 0.2) is 6.61 Å². The molecule has 1 aromatic heterocycles. The van der Waals surface area contributed by atoms with Gasteiger partial charge >= 0.3 is 12.2 Å². The number of quaternary nitrogens is 1. The van der Waals surface area contributed by atoms with Gasteiger partial charge in [0.05, 0.1) is 66.2 Å². The zero-order chi connectivity index (χ0) is 33.0. The Morgan fingerprint density at radius 2 is 1.59 bits per heavy atom. The Morgan fingerprint density at radius 3 is 2.28 bits per heavy atom. The van der Waals surface area contributed by atoms with E-state index in [1.165, 1.54) is 0 Å². The highest BCUT2D eigenvalue weighted by atomic mass is 19.4. The third-order valence-electron chi connectivity index (χ3n) is 6.26. The van der Waals surface area contributed by atoms with Crippen LogP contribution >= 0.6 is 0 Å². The number of ether oxygens (including phenoxy) is 5. The van der Waals surface area contributed by atoms with Gasteiger partial charge in [0.2, 0.25) is 11.9 Å². The molecular formula is C30H39F3N7O6+. The SMILES string of the molecule is C[N+](C)(C)CCNC(=O)c1ccc2cc1OCCOCCOCCOc1ccc(cc1)CNc1nc(nc(OCC(F)(F)F)n1)N2. The number of hydrogen-bond donors (Lipinski definition) is 3. The first-order valence-corrected chi connectivity index (χ1v) is 14.6. The van der Waals surface area contributed by atoms with Gasteiger partial charge in [0, 0.05) is 18.3 Å². The number of rotatable bonds is 6. The van der Waals surface area contributed by atoms with Crippen LogP contribution in [0.2, 0.25) is 0 Å². The fourth-order valence-electron chi connectivity index (χ4n) is 3.97. The molecule has 13 nitrogen and oxygen atoms in total. The third kappa shape index (κ3) is 12.2. The predicted molar refractivity (Wildman–Crippen MR) is 163 cm³/mol. The maximum absolute atomic E-state index is 13.1. The number of alkyl halides is 3. The van der Waals surface area contributed by atoms with Crippen LogP contribution in [0, 0.1) is 0 Å². The Labute approximate surface area is 265 Å². The second-order valence-electron chi connectivity index (χ2n) is 11.2. The van der Waals surface area contributed by atoms with Crippen LogP contribution in [0.15, 0.2) is 42.5 Å². The lowest BCUT2D eigenvalue weighted by molar-refractivity contribution is -0.869. The molecule has 1 amide bonds. The summed E-state index contributed by atoms with van der Waals surface area (Å²) in [4.78, 5) is 25.4. The number of likely N-dealkylation sites (N-methyl/N-ethyl adjacent to an activating group) is 1. The molecule has 3 aromatic rings. The van der Waals surface area contributed by atoms with Crippen LogP contribution in [0.1, 0.15) is 15.9 Å². The molecule has 0 fully saturated rings. The number of nitrogens with one attached hydrogen (secondary N) is 3. The second kappa shape index (κ2) is 16.2. The van der Waals surface area contributed by atoms with E-state index < -0.39 is 18.8 Å². The van der Waals surface area contributed by atoms with Crippen LogP contribution in [0.25, 0.3) is 0 Å². The van der Waals surface area contributed by atoms with Gasteiger partial charge < -0.3 is 44.1 Å². The molecule has 0 saturated heterocycles. The molecular weight excluding hydrogens is 611 g/mol. The summed E-state index contributed by atoms with van der Waals surface area (Å²) < 4.78 is 67.0. The van der Waals surface area contributed by atoms with Crippen LogP contribution in [-0.4, -0.2) is 112 Å². The summed E-state index contributed by atoms with van der Waals surface area (Å²) in [5.74, 6) is 0.467. The zero-order valence-electron chi connectivity index (χ0n) is 26.0. The highest BCUT2D eigenvalue weighted by Crippen LogP contribution is 2.27. The lowest BCUT2D eigenvalue weighted by atomic mass is 10.1. The van der Waals surface area contributed by atoms with Gasteiger partial charge in [-0.25, -0.2) is 0 Å². The smallest absolute Gasteiger partial charge is 0.422 e. The molecule has 2 aliphatic heterocycles. The fourth-order valence-corrected chi connectivity index (χ4v) is 3.97. The Bertz CT molecular complexity index is 1420. The summed E-state index contributed by atoms with van der Waals surface area (Å²) in [5.41, 5.74) is 1.53. The van der Waals surface area contributed by atoms with Crippen LogP contribution in [-0.2, 0) is 16.0 Å². The Kier molecular flexibility index (Phi) is 12.2. The molecule has 0 unspecified atom stereocenters. The number of anilines is 3. The maximum atomic E-state index is 13.1. The van der Waals surface area contributed by atoms with Gasteiger partial charge in [-0.05, 0) is 29.8 Å². The number of carbonyl (C=O) groups is 1. The van der Waals surface area contributed by atoms with Crippen LogP contribution < -0.4 is 30.2 Å². The van der Waals surface area contributed by atoms with E-state index in [1.807, 2.05) is 33.3 Å². The van der Waals surface area contributed by atoms with E-state index in [-0.39, 0.29) is 43.3 Å². The summed E-state index contributed by atoms with van der Waals surface area (Å²) in [6.45, 7) is 1.62. The van der Waals surface area contributed by atoms with Gasteiger partial charge in [-0.2, -0.15) is 28.1 Å². The molecule has 6 bridgehead atoms. The largest absolute Gasteiger partial charge is 0.491 e. The minimum absolute atomic E-state index is 0.0209. The van der Waals surface area contributed by atoms with Crippen molar-refractivity contribution >= 4 is 23.5 Å². The van der Waals surface area contributed by atoms with E-state index in [9.17, 15) is 18.0 Å². The average molecular weight is 651 g/mol. The van der Waals surface area contributed by atoms with Crippen molar-refractivity contribution in [3.8, 4) is 17.5 Å². The highest BCUT2D eigenvalue weighted by Gasteiger charge is 2.29. The maximum Gasteiger partial charge on any atom is 0.422 e. The Morgan fingerprint density at radius 1 is 0.913 bits per heavy atom. The van der Waals surface area contributed by atoms with Crippen molar-refractivity contribution in [3.63, 3.8) is 0 Å². The lowest BCUT2D eigenvalue weighted by Crippen LogP contribution is -2.41. The van der Waals surface area contributed by atoms with Gasteiger partial charge in [-0.1, -0.05) is 12.1 Å². The van der Waals surface area contributed by atoms with Crippen molar-refractivity contribution in [1.82, 2.24) is 20.3 Å². The first-order chi connectivity index (χ1) is 21.9. The number of hydrogen-bond acceptors (Lipinski definition) is 11. The monoisotopic (exact) mass is 650 g/mol. The predicted octanol–water partition coefficient (Wildman–Crippen LogP) is 3.41. The van der Waals surface area contributed by atoms with E-state index in [0.29, 0.717) is 61.0 Å².